The average Bonchev–Trinajstić information content (AvgIpc) is 3.24. The Labute approximate surface area is 196 Å². The van der Waals surface area contributed by atoms with Crippen LogP contribution in [-0.2, 0) is 0 Å². The zero-order valence-electron chi connectivity index (χ0n) is 18.7. The number of fused-ring (bicyclic) bond motifs is 3. The highest BCUT2D eigenvalue weighted by Gasteiger charge is 2.60. The van der Waals surface area contributed by atoms with Crippen LogP contribution in [0.4, 0.5) is 0 Å². The molecule has 2 aliphatic heterocycles. The van der Waals surface area contributed by atoms with Crippen molar-refractivity contribution in [2.45, 2.75) is 24.0 Å². The number of rotatable bonds is 6. The molecule has 1 saturated heterocycles. The number of Topliss-reactive ketones (excluding diaryl/α,β-unsaturated/α-hetero) is 1. The van der Waals surface area contributed by atoms with Crippen LogP contribution < -0.4 is 9.47 Å². The highest BCUT2D eigenvalue weighted by molar-refractivity contribution is 6.01. The standard InChI is InChI=1S/C26H23N3O5/c1-33-19-11-7-16(8-12-19)22-24(29(31)32)23-21-6-4-3-5-18(21)15-27-28(23)25(22)26(30)17-9-13-20(34-2)14-10-17/h3-15,22-25H,1-2H3/t22-,23-,24-,25-/m1/s1. The fourth-order valence-electron chi connectivity index (χ4n) is 5.04. The molecule has 0 amide bonds. The van der Waals surface area contributed by atoms with Gasteiger partial charge in [0.1, 0.15) is 23.6 Å². The molecule has 0 saturated carbocycles. The molecule has 0 radical (unpaired) electrons. The SMILES string of the molecule is COc1ccc(C(=O)[C@H]2[C@H](c3ccc(OC)cc3)[C@@H]([N+](=O)[O-])[C@H]3c4ccccc4C=NN32)cc1. The quantitative estimate of drug-likeness (QED) is 0.314. The van der Waals surface area contributed by atoms with E-state index in [0.717, 1.165) is 11.1 Å². The first-order chi connectivity index (χ1) is 16.5. The van der Waals surface area contributed by atoms with Crippen molar-refractivity contribution in [1.82, 2.24) is 5.01 Å². The number of hydrogen-bond acceptors (Lipinski definition) is 7. The van der Waals surface area contributed by atoms with Crippen LogP contribution >= 0.6 is 0 Å². The molecule has 0 aromatic heterocycles. The minimum absolute atomic E-state index is 0.227. The minimum Gasteiger partial charge on any atom is -0.497 e. The number of benzene rings is 3. The molecule has 0 spiro atoms. The number of hydrogen-bond donors (Lipinski definition) is 0. The maximum absolute atomic E-state index is 13.9. The predicted molar refractivity (Wildman–Crippen MR) is 126 cm³/mol. The number of hydrazone groups is 1. The summed E-state index contributed by atoms with van der Waals surface area (Å²) in [6.45, 7) is 0. The normalized spacial score (nSPS) is 22.6. The van der Waals surface area contributed by atoms with Crippen LogP contribution in [0.3, 0.4) is 0 Å². The summed E-state index contributed by atoms with van der Waals surface area (Å²) >= 11 is 0. The van der Waals surface area contributed by atoms with Crippen LogP contribution in [-0.4, -0.2) is 48.2 Å². The van der Waals surface area contributed by atoms with Crippen molar-refractivity contribution >= 4 is 12.0 Å². The third-order valence-electron chi connectivity index (χ3n) is 6.63. The van der Waals surface area contributed by atoms with Gasteiger partial charge in [0.25, 0.3) is 0 Å². The van der Waals surface area contributed by atoms with Gasteiger partial charge in [-0.15, -0.1) is 0 Å². The number of nitrogens with zero attached hydrogens (tertiary/aromatic N) is 3. The van der Waals surface area contributed by atoms with E-state index in [1.807, 2.05) is 24.3 Å². The number of ketones is 1. The van der Waals surface area contributed by atoms with Gasteiger partial charge >= 0.3 is 0 Å². The summed E-state index contributed by atoms with van der Waals surface area (Å²) in [5.41, 5.74) is 2.75. The molecule has 0 bridgehead atoms. The second kappa shape index (κ2) is 8.62. The minimum atomic E-state index is -1.07. The van der Waals surface area contributed by atoms with Crippen LogP contribution in [0.25, 0.3) is 0 Å². The van der Waals surface area contributed by atoms with Crippen LogP contribution in [0.5, 0.6) is 11.5 Å². The van der Waals surface area contributed by atoms with Gasteiger partial charge in [0, 0.05) is 16.1 Å². The summed E-state index contributed by atoms with van der Waals surface area (Å²) in [4.78, 5) is 26.1. The first-order valence-corrected chi connectivity index (χ1v) is 10.9. The Hall–Kier alpha value is -4.20. The zero-order valence-corrected chi connectivity index (χ0v) is 18.7. The maximum atomic E-state index is 13.9. The van der Waals surface area contributed by atoms with Gasteiger partial charge in [-0.05, 0) is 47.5 Å². The molecular weight excluding hydrogens is 434 g/mol. The van der Waals surface area contributed by atoms with Crippen LogP contribution in [0.1, 0.15) is 39.0 Å². The molecular formula is C26H23N3O5. The topological polar surface area (TPSA) is 94.3 Å². The van der Waals surface area contributed by atoms with Crippen molar-refractivity contribution in [3.05, 3.63) is 105 Å². The van der Waals surface area contributed by atoms with Gasteiger partial charge in [-0.3, -0.25) is 19.9 Å². The van der Waals surface area contributed by atoms with Gasteiger partial charge < -0.3 is 9.47 Å². The van der Waals surface area contributed by atoms with Gasteiger partial charge in [0.2, 0.25) is 6.04 Å². The van der Waals surface area contributed by atoms with E-state index in [-0.39, 0.29) is 10.7 Å². The molecule has 3 aromatic rings. The van der Waals surface area contributed by atoms with E-state index in [0.29, 0.717) is 22.6 Å². The molecule has 3 aromatic carbocycles. The Kier molecular flexibility index (Phi) is 5.49. The second-order valence-electron chi connectivity index (χ2n) is 8.31. The van der Waals surface area contributed by atoms with E-state index in [1.165, 1.54) is 0 Å². The van der Waals surface area contributed by atoms with Crippen molar-refractivity contribution in [1.29, 1.82) is 0 Å². The van der Waals surface area contributed by atoms with Gasteiger partial charge in [-0.1, -0.05) is 36.4 Å². The lowest BCUT2D eigenvalue weighted by Crippen LogP contribution is -2.38. The van der Waals surface area contributed by atoms with E-state index in [9.17, 15) is 14.9 Å². The summed E-state index contributed by atoms with van der Waals surface area (Å²) in [6, 6.07) is 18.8. The molecule has 1 fully saturated rings. The van der Waals surface area contributed by atoms with Crippen molar-refractivity contribution < 1.29 is 19.2 Å². The molecule has 4 atom stereocenters. The molecule has 2 heterocycles. The zero-order chi connectivity index (χ0) is 23.8. The lowest BCUT2D eigenvalue weighted by molar-refractivity contribution is -0.529. The molecule has 0 aliphatic carbocycles. The third kappa shape index (κ3) is 3.48. The Balaban J connectivity index is 1.67. The van der Waals surface area contributed by atoms with E-state index in [1.54, 1.807) is 74.0 Å². The van der Waals surface area contributed by atoms with E-state index < -0.39 is 24.0 Å². The molecule has 8 heteroatoms. The van der Waals surface area contributed by atoms with Gasteiger partial charge in [-0.25, -0.2) is 0 Å². The van der Waals surface area contributed by atoms with E-state index >= 15 is 0 Å². The molecule has 34 heavy (non-hydrogen) atoms. The van der Waals surface area contributed by atoms with Gasteiger partial charge in [0.05, 0.1) is 26.4 Å². The first-order valence-electron chi connectivity index (χ1n) is 10.9. The smallest absolute Gasteiger partial charge is 0.248 e. The van der Waals surface area contributed by atoms with Crippen LogP contribution in [0.15, 0.2) is 77.9 Å². The van der Waals surface area contributed by atoms with Gasteiger partial charge in [0.15, 0.2) is 5.78 Å². The maximum Gasteiger partial charge on any atom is 0.248 e. The van der Waals surface area contributed by atoms with E-state index in [4.69, 9.17) is 9.47 Å². The second-order valence-corrected chi connectivity index (χ2v) is 8.31. The van der Waals surface area contributed by atoms with E-state index in [2.05, 4.69) is 5.10 Å². The largest absolute Gasteiger partial charge is 0.497 e. The fourth-order valence-corrected chi connectivity index (χ4v) is 5.04. The fraction of sp³-hybridized carbons (Fsp3) is 0.231. The molecule has 0 unspecified atom stereocenters. The Morgan fingerprint density at radius 2 is 1.56 bits per heavy atom. The first kappa shape index (κ1) is 21.6. The number of carbonyl (C=O) groups is 1. The molecule has 0 N–H and O–H groups in total. The number of nitro groups is 1. The number of carbonyl (C=O) groups excluding carboxylic acids is 1. The summed E-state index contributed by atoms with van der Waals surface area (Å²) in [7, 11) is 3.12. The van der Waals surface area contributed by atoms with Crippen molar-refractivity contribution in [3.8, 4) is 11.5 Å². The molecule has 5 rings (SSSR count). The predicted octanol–water partition coefficient (Wildman–Crippen LogP) is 4.09. The average molecular weight is 457 g/mol. The molecule has 2 aliphatic rings. The lowest BCUT2D eigenvalue weighted by atomic mass is 9.82. The third-order valence-corrected chi connectivity index (χ3v) is 6.63. The number of methoxy groups -OCH3 is 2. The number of ether oxygens (including phenoxy) is 2. The summed E-state index contributed by atoms with van der Waals surface area (Å²) in [6.07, 6.45) is 1.67. The Morgan fingerprint density at radius 3 is 2.18 bits per heavy atom. The summed E-state index contributed by atoms with van der Waals surface area (Å²) in [5.74, 6) is 0.317. The van der Waals surface area contributed by atoms with Gasteiger partial charge in [-0.2, -0.15) is 5.10 Å². The lowest BCUT2D eigenvalue weighted by Gasteiger charge is -2.30. The van der Waals surface area contributed by atoms with Crippen molar-refractivity contribution in [2.75, 3.05) is 14.2 Å². The van der Waals surface area contributed by atoms with Crippen LogP contribution in [0.2, 0.25) is 0 Å². The molecule has 8 nitrogen and oxygen atoms in total. The van der Waals surface area contributed by atoms with Crippen molar-refractivity contribution in [3.63, 3.8) is 0 Å². The monoisotopic (exact) mass is 457 g/mol. The summed E-state index contributed by atoms with van der Waals surface area (Å²) in [5, 5.41) is 18.7. The Morgan fingerprint density at radius 1 is 0.941 bits per heavy atom. The molecule has 172 valence electrons. The highest BCUT2D eigenvalue weighted by Crippen LogP contribution is 2.49. The summed E-state index contributed by atoms with van der Waals surface area (Å²) < 4.78 is 10.5. The highest BCUT2D eigenvalue weighted by atomic mass is 16.6. The van der Waals surface area contributed by atoms with Crippen LogP contribution in [0, 0.1) is 10.1 Å². The van der Waals surface area contributed by atoms with Crippen molar-refractivity contribution in [2.24, 2.45) is 5.10 Å². The Bertz CT molecular complexity index is 1260.